The number of anilines is 1. The molecule has 0 aliphatic carbocycles. The smallest absolute Gasteiger partial charge is 0.387 e. The van der Waals surface area contributed by atoms with Gasteiger partial charge in [0, 0.05) is 6.54 Å². The molecule has 0 saturated carbocycles. The second kappa shape index (κ2) is 10.4. The van der Waals surface area contributed by atoms with Crippen LogP contribution < -0.4 is 5.32 Å². The molecule has 14 heteroatoms. The number of hydrogen-bond donors (Lipinski definition) is 7. The zero-order chi connectivity index (χ0) is 23.3. The van der Waals surface area contributed by atoms with Gasteiger partial charge >= 0.3 is 7.82 Å². The van der Waals surface area contributed by atoms with E-state index in [0.717, 1.165) is 17.9 Å². The Bertz CT molecular complexity index is 1080. The molecular formula is C18H24N5O8P. The molecule has 0 amide bonds. The van der Waals surface area contributed by atoms with E-state index in [1.807, 2.05) is 12.1 Å². The Morgan fingerprint density at radius 3 is 2.56 bits per heavy atom. The summed E-state index contributed by atoms with van der Waals surface area (Å²) in [7, 11) is -4.64. The van der Waals surface area contributed by atoms with Crippen LogP contribution >= 0.6 is 7.82 Å². The summed E-state index contributed by atoms with van der Waals surface area (Å²) in [6.45, 7) is 2.22. The van der Waals surface area contributed by atoms with E-state index in [-0.39, 0.29) is 0 Å². The number of ether oxygens (including phenoxy) is 1. The van der Waals surface area contributed by atoms with Crippen LogP contribution in [0.25, 0.3) is 11.2 Å². The lowest BCUT2D eigenvalue weighted by Gasteiger charge is -2.14. The zero-order valence-electron chi connectivity index (χ0n) is 16.9. The molecule has 32 heavy (non-hydrogen) atoms. The molecule has 1 aliphatic rings. The number of hydrogen-bond acceptors (Lipinski definition) is 10. The summed E-state index contributed by atoms with van der Waals surface area (Å²) < 4.78 is 18.9. The predicted molar refractivity (Wildman–Crippen MR) is 111 cm³/mol. The van der Waals surface area contributed by atoms with Gasteiger partial charge in [-0.25, -0.2) is 19.5 Å². The Hall–Kier alpha value is -2.48. The highest BCUT2D eigenvalue weighted by molar-refractivity contribution is 7.46. The van der Waals surface area contributed by atoms with Gasteiger partial charge in [0.15, 0.2) is 17.8 Å². The fourth-order valence-corrected chi connectivity index (χ4v) is 3.26. The SMILES string of the molecule is Cc1ccccc1CNc1ncnc2nc[nH]c12.O=P(O)(O)OC[C@H]1OC(O)[C@H](O)[C@@H]1O. The number of aryl methyl sites for hydroxylation is 1. The van der Waals surface area contributed by atoms with Crippen molar-refractivity contribution in [3.8, 4) is 0 Å². The molecular weight excluding hydrogens is 445 g/mol. The Kier molecular flexibility index (Phi) is 7.87. The molecule has 0 spiro atoms. The minimum Gasteiger partial charge on any atom is -0.387 e. The van der Waals surface area contributed by atoms with Crippen molar-refractivity contribution in [3.63, 3.8) is 0 Å². The third-order valence-corrected chi connectivity index (χ3v) is 5.16. The average Bonchev–Trinajstić information content (AvgIpc) is 3.32. The first kappa shape index (κ1) is 24.2. The average molecular weight is 469 g/mol. The second-order valence-corrected chi connectivity index (χ2v) is 8.18. The third kappa shape index (κ3) is 6.28. The fourth-order valence-electron chi connectivity index (χ4n) is 2.92. The van der Waals surface area contributed by atoms with Gasteiger partial charge in [0.05, 0.1) is 12.9 Å². The Labute approximate surface area is 182 Å². The summed E-state index contributed by atoms with van der Waals surface area (Å²) in [6, 6.07) is 8.28. The molecule has 13 nitrogen and oxygen atoms in total. The van der Waals surface area contributed by atoms with Crippen molar-refractivity contribution in [2.75, 3.05) is 11.9 Å². The number of phosphoric ester groups is 1. The third-order valence-electron chi connectivity index (χ3n) is 4.67. The van der Waals surface area contributed by atoms with Crippen molar-refractivity contribution >= 4 is 24.8 Å². The molecule has 3 heterocycles. The lowest BCUT2D eigenvalue weighted by Crippen LogP contribution is -2.34. The van der Waals surface area contributed by atoms with Crippen LogP contribution in [0.2, 0.25) is 0 Å². The van der Waals surface area contributed by atoms with Crippen LogP contribution in [0.15, 0.2) is 36.9 Å². The number of aliphatic hydroxyl groups is 3. The summed E-state index contributed by atoms with van der Waals surface area (Å²) in [6.07, 6.45) is -2.53. The van der Waals surface area contributed by atoms with E-state index in [2.05, 4.69) is 53.6 Å². The summed E-state index contributed by atoms with van der Waals surface area (Å²) in [5.41, 5.74) is 4.03. The van der Waals surface area contributed by atoms with E-state index in [4.69, 9.17) is 25.1 Å². The fraction of sp³-hybridized carbons (Fsp3) is 0.389. The van der Waals surface area contributed by atoms with Crippen LogP contribution in [-0.4, -0.2) is 76.3 Å². The van der Waals surface area contributed by atoms with Gasteiger partial charge < -0.3 is 40.1 Å². The summed E-state index contributed by atoms with van der Waals surface area (Å²) in [5, 5.41) is 30.3. The molecule has 3 aromatic rings. The summed E-state index contributed by atoms with van der Waals surface area (Å²) in [4.78, 5) is 32.1. The minimum atomic E-state index is -4.64. The topological polar surface area (TPSA) is 203 Å². The van der Waals surface area contributed by atoms with Crippen LogP contribution in [0.5, 0.6) is 0 Å². The van der Waals surface area contributed by atoms with E-state index in [0.29, 0.717) is 5.65 Å². The van der Waals surface area contributed by atoms with Crippen molar-refractivity contribution < 1.29 is 38.9 Å². The summed E-state index contributed by atoms with van der Waals surface area (Å²) in [5.74, 6) is 0.778. The molecule has 4 atom stereocenters. The van der Waals surface area contributed by atoms with E-state index in [1.54, 1.807) is 6.33 Å². The van der Waals surface area contributed by atoms with Gasteiger partial charge in [0.25, 0.3) is 0 Å². The largest absolute Gasteiger partial charge is 0.469 e. The minimum absolute atomic E-state index is 0.612. The first-order chi connectivity index (χ1) is 15.2. The molecule has 174 valence electrons. The quantitative estimate of drug-likeness (QED) is 0.235. The van der Waals surface area contributed by atoms with E-state index in [1.165, 1.54) is 17.5 Å². The maximum Gasteiger partial charge on any atom is 0.469 e. The molecule has 1 aromatic carbocycles. The van der Waals surface area contributed by atoms with Crippen LogP contribution in [0.1, 0.15) is 11.1 Å². The monoisotopic (exact) mass is 469 g/mol. The molecule has 1 saturated heterocycles. The first-order valence-electron chi connectivity index (χ1n) is 9.48. The molecule has 1 aliphatic heterocycles. The molecule has 4 rings (SSSR count). The number of nitrogens with one attached hydrogen (secondary N) is 2. The van der Waals surface area contributed by atoms with Crippen molar-refractivity contribution in [1.82, 2.24) is 19.9 Å². The van der Waals surface area contributed by atoms with E-state index >= 15 is 0 Å². The standard InChI is InChI=1S/C13H13N5.C5H11O8P/c1-9-4-2-3-5-10(9)6-14-12-11-13(16-7-15-11)18-8-17-12;6-3-2(1-12-14(9,10)11)13-5(8)4(3)7/h2-5,7-8H,6H2,1H3,(H2,14,15,16,17,18);2-8H,1H2,(H2,9,10,11)/t;2-,3-,4-,5?/m.1/s1. The molecule has 1 fully saturated rings. The first-order valence-corrected chi connectivity index (χ1v) is 11.0. The summed E-state index contributed by atoms with van der Waals surface area (Å²) >= 11 is 0. The molecule has 0 bridgehead atoms. The zero-order valence-corrected chi connectivity index (χ0v) is 17.8. The van der Waals surface area contributed by atoms with Crippen LogP contribution in [0.4, 0.5) is 5.82 Å². The van der Waals surface area contributed by atoms with E-state index in [9.17, 15) is 4.57 Å². The predicted octanol–water partition coefficient (Wildman–Crippen LogP) is -0.192. The van der Waals surface area contributed by atoms with Gasteiger partial charge in [0.1, 0.15) is 30.2 Å². The highest BCUT2D eigenvalue weighted by Crippen LogP contribution is 2.37. The maximum atomic E-state index is 10.3. The number of H-pyrrole nitrogens is 1. The number of phosphoric acid groups is 1. The highest BCUT2D eigenvalue weighted by atomic mass is 31.2. The van der Waals surface area contributed by atoms with Crippen molar-refractivity contribution in [3.05, 3.63) is 48.0 Å². The molecule has 7 N–H and O–H groups in total. The van der Waals surface area contributed by atoms with Crippen LogP contribution in [0, 0.1) is 6.92 Å². The number of rotatable bonds is 6. The number of imidazole rings is 1. The Morgan fingerprint density at radius 2 is 1.91 bits per heavy atom. The van der Waals surface area contributed by atoms with Gasteiger partial charge in [-0.1, -0.05) is 24.3 Å². The van der Waals surface area contributed by atoms with Crippen molar-refractivity contribution in [2.24, 2.45) is 0 Å². The van der Waals surface area contributed by atoms with Crippen molar-refractivity contribution in [2.45, 2.75) is 38.1 Å². The number of benzene rings is 1. The van der Waals surface area contributed by atoms with Gasteiger partial charge in [0.2, 0.25) is 0 Å². The second-order valence-electron chi connectivity index (χ2n) is 6.94. The maximum absolute atomic E-state index is 10.3. The number of aromatic amines is 1. The molecule has 1 unspecified atom stereocenters. The number of nitrogens with zero attached hydrogens (tertiary/aromatic N) is 3. The number of fused-ring (bicyclic) bond motifs is 1. The van der Waals surface area contributed by atoms with Crippen LogP contribution in [-0.2, 0) is 20.4 Å². The van der Waals surface area contributed by atoms with Gasteiger partial charge in [-0.2, -0.15) is 0 Å². The number of aliphatic hydroxyl groups excluding tert-OH is 3. The van der Waals surface area contributed by atoms with Gasteiger partial charge in [-0.05, 0) is 18.1 Å². The van der Waals surface area contributed by atoms with Crippen molar-refractivity contribution in [1.29, 1.82) is 0 Å². The normalized spacial score (nSPS) is 23.1. The lowest BCUT2D eigenvalue weighted by atomic mass is 10.1. The lowest BCUT2D eigenvalue weighted by molar-refractivity contribution is -0.132. The van der Waals surface area contributed by atoms with Crippen LogP contribution in [0.3, 0.4) is 0 Å². The van der Waals surface area contributed by atoms with Gasteiger partial charge in [-0.15, -0.1) is 0 Å². The van der Waals surface area contributed by atoms with Gasteiger partial charge in [-0.3, -0.25) is 4.52 Å². The Balaban J connectivity index is 0.000000188. The molecule has 2 aromatic heterocycles. The highest BCUT2D eigenvalue weighted by Gasteiger charge is 2.42. The Morgan fingerprint density at radius 1 is 1.16 bits per heavy atom. The van der Waals surface area contributed by atoms with E-state index < -0.39 is 39.0 Å². The molecule has 0 radical (unpaired) electrons. The number of aromatic nitrogens is 4.